The van der Waals surface area contributed by atoms with Gasteiger partial charge < -0.3 is 10.1 Å². The number of benzene rings is 3. The smallest absolute Gasteiger partial charge is 0.260 e. The van der Waals surface area contributed by atoms with Crippen molar-refractivity contribution in [3.63, 3.8) is 0 Å². The zero-order valence-corrected chi connectivity index (χ0v) is 17.2. The maximum Gasteiger partial charge on any atom is 0.260 e. The van der Waals surface area contributed by atoms with Crippen molar-refractivity contribution in [1.82, 2.24) is 4.90 Å². The summed E-state index contributed by atoms with van der Waals surface area (Å²) >= 11 is 0. The standard InChI is InChI=1S/C24H25N3O3/c1-3-14-26(15-22(28)25-19-11-4-5-13-21(19)30-2)16-27-20-12-7-9-17-8-6-10-18(23(17)20)24(27)29/h4-13H,3,14-16H2,1-2H3,(H,25,28). The summed E-state index contributed by atoms with van der Waals surface area (Å²) in [6.07, 6.45) is 0.876. The molecule has 0 spiro atoms. The first kappa shape index (κ1) is 19.9. The van der Waals surface area contributed by atoms with Crippen LogP contribution in [0, 0.1) is 0 Å². The molecule has 0 atom stereocenters. The van der Waals surface area contributed by atoms with Crippen molar-refractivity contribution < 1.29 is 14.3 Å². The molecular weight excluding hydrogens is 378 g/mol. The van der Waals surface area contributed by atoms with Gasteiger partial charge in [0.25, 0.3) is 5.91 Å². The summed E-state index contributed by atoms with van der Waals surface area (Å²) in [6, 6.07) is 19.1. The van der Waals surface area contributed by atoms with Crippen molar-refractivity contribution >= 4 is 34.0 Å². The Morgan fingerprint density at radius 3 is 2.60 bits per heavy atom. The van der Waals surface area contributed by atoms with Gasteiger partial charge in [-0.05, 0) is 36.1 Å². The Hall–Kier alpha value is -3.38. The first-order valence-electron chi connectivity index (χ1n) is 10.1. The molecule has 1 heterocycles. The molecule has 6 nitrogen and oxygen atoms in total. The van der Waals surface area contributed by atoms with Crippen LogP contribution in [0.4, 0.5) is 11.4 Å². The van der Waals surface area contributed by atoms with Crippen LogP contribution in [-0.2, 0) is 4.79 Å². The highest BCUT2D eigenvalue weighted by atomic mass is 16.5. The Balaban J connectivity index is 1.51. The molecule has 2 amide bonds. The van der Waals surface area contributed by atoms with E-state index < -0.39 is 0 Å². The molecule has 0 aromatic heterocycles. The van der Waals surface area contributed by atoms with Crippen LogP contribution in [0.15, 0.2) is 60.7 Å². The average molecular weight is 403 g/mol. The highest BCUT2D eigenvalue weighted by molar-refractivity contribution is 6.25. The maximum absolute atomic E-state index is 13.1. The normalized spacial score (nSPS) is 12.6. The van der Waals surface area contributed by atoms with Crippen molar-refractivity contribution in [2.45, 2.75) is 13.3 Å². The molecule has 1 aliphatic heterocycles. The molecule has 154 valence electrons. The van der Waals surface area contributed by atoms with E-state index in [1.54, 1.807) is 18.1 Å². The van der Waals surface area contributed by atoms with Crippen LogP contribution in [0.3, 0.4) is 0 Å². The number of methoxy groups -OCH3 is 1. The van der Waals surface area contributed by atoms with Gasteiger partial charge in [0.15, 0.2) is 0 Å². The molecule has 0 unspecified atom stereocenters. The molecule has 0 saturated heterocycles. The third-order valence-electron chi connectivity index (χ3n) is 5.28. The minimum absolute atomic E-state index is 0.0203. The topological polar surface area (TPSA) is 61.9 Å². The minimum Gasteiger partial charge on any atom is -0.495 e. The van der Waals surface area contributed by atoms with Crippen LogP contribution >= 0.6 is 0 Å². The number of carbonyl (C=O) groups excluding carboxylic acids is 2. The van der Waals surface area contributed by atoms with E-state index in [0.29, 0.717) is 24.7 Å². The number of nitrogens with one attached hydrogen (secondary N) is 1. The molecule has 0 saturated carbocycles. The number of anilines is 2. The van der Waals surface area contributed by atoms with E-state index >= 15 is 0 Å². The highest BCUT2D eigenvalue weighted by Crippen LogP contribution is 2.37. The van der Waals surface area contributed by atoms with Gasteiger partial charge in [0.05, 0.1) is 31.7 Å². The number of rotatable bonds is 8. The molecular formula is C24H25N3O3. The molecule has 1 N–H and O–H groups in total. The second-order valence-electron chi connectivity index (χ2n) is 7.36. The van der Waals surface area contributed by atoms with E-state index in [2.05, 4.69) is 12.2 Å². The van der Waals surface area contributed by atoms with E-state index in [1.165, 1.54) is 0 Å². The lowest BCUT2D eigenvalue weighted by molar-refractivity contribution is -0.117. The number of amides is 2. The SMILES string of the molecule is CCCN(CC(=O)Nc1ccccc1OC)CN1C(=O)c2cccc3cccc1c23. The molecule has 6 heteroatoms. The molecule has 0 aliphatic carbocycles. The summed E-state index contributed by atoms with van der Waals surface area (Å²) in [5.41, 5.74) is 2.26. The van der Waals surface area contributed by atoms with Gasteiger partial charge in [0.1, 0.15) is 5.75 Å². The van der Waals surface area contributed by atoms with Crippen molar-refractivity contribution in [3.05, 3.63) is 66.2 Å². The summed E-state index contributed by atoms with van der Waals surface area (Å²) < 4.78 is 5.31. The van der Waals surface area contributed by atoms with Crippen molar-refractivity contribution in [1.29, 1.82) is 0 Å². The lowest BCUT2D eigenvalue weighted by Gasteiger charge is -2.27. The minimum atomic E-state index is -0.143. The number of hydrogen-bond donors (Lipinski definition) is 1. The second kappa shape index (κ2) is 8.55. The quantitative estimate of drug-likeness (QED) is 0.615. The Morgan fingerprint density at radius 2 is 1.83 bits per heavy atom. The molecule has 3 aromatic rings. The van der Waals surface area contributed by atoms with E-state index in [4.69, 9.17) is 4.74 Å². The summed E-state index contributed by atoms with van der Waals surface area (Å²) in [5, 5.41) is 4.95. The van der Waals surface area contributed by atoms with Gasteiger partial charge in [0, 0.05) is 17.5 Å². The fourth-order valence-electron chi connectivity index (χ4n) is 3.98. The second-order valence-corrected chi connectivity index (χ2v) is 7.36. The predicted octanol–water partition coefficient (Wildman–Crippen LogP) is 4.12. The molecule has 0 radical (unpaired) electrons. The predicted molar refractivity (Wildman–Crippen MR) is 119 cm³/mol. The highest BCUT2D eigenvalue weighted by Gasteiger charge is 2.30. The lowest BCUT2D eigenvalue weighted by Crippen LogP contribution is -2.43. The van der Waals surface area contributed by atoms with Crippen molar-refractivity contribution in [2.24, 2.45) is 0 Å². The lowest BCUT2D eigenvalue weighted by atomic mass is 10.1. The van der Waals surface area contributed by atoms with E-state index in [0.717, 1.165) is 28.4 Å². The van der Waals surface area contributed by atoms with Gasteiger partial charge in [-0.3, -0.25) is 19.4 Å². The molecule has 30 heavy (non-hydrogen) atoms. The molecule has 3 aromatic carbocycles. The van der Waals surface area contributed by atoms with Gasteiger partial charge in [-0.1, -0.05) is 43.3 Å². The molecule has 0 fully saturated rings. The number of para-hydroxylation sites is 2. The number of carbonyl (C=O) groups is 2. The van der Waals surface area contributed by atoms with Gasteiger partial charge in [-0.15, -0.1) is 0 Å². The van der Waals surface area contributed by atoms with E-state index in [-0.39, 0.29) is 18.4 Å². The Morgan fingerprint density at radius 1 is 1.07 bits per heavy atom. The number of hydrogen-bond acceptors (Lipinski definition) is 4. The zero-order valence-electron chi connectivity index (χ0n) is 17.2. The van der Waals surface area contributed by atoms with Gasteiger partial charge in [-0.2, -0.15) is 0 Å². The number of nitrogens with zero attached hydrogens (tertiary/aromatic N) is 2. The Kier molecular flexibility index (Phi) is 5.68. The first-order valence-corrected chi connectivity index (χ1v) is 10.1. The van der Waals surface area contributed by atoms with Gasteiger partial charge >= 0.3 is 0 Å². The van der Waals surface area contributed by atoms with E-state index in [1.807, 2.05) is 59.5 Å². The van der Waals surface area contributed by atoms with Crippen molar-refractivity contribution in [3.8, 4) is 5.75 Å². The summed E-state index contributed by atoms with van der Waals surface area (Å²) in [6.45, 7) is 3.31. The molecule has 0 bridgehead atoms. The Labute approximate surface area is 176 Å². The van der Waals surface area contributed by atoms with E-state index in [9.17, 15) is 9.59 Å². The fraction of sp³-hybridized carbons (Fsp3) is 0.250. The molecule has 1 aliphatic rings. The Bertz CT molecular complexity index is 1090. The van der Waals surface area contributed by atoms with Gasteiger partial charge in [-0.25, -0.2) is 0 Å². The number of ether oxygens (including phenoxy) is 1. The van der Waals surface area contributed by atoms with Crippen LogP contribution in [-0.4, -0.2) is 43.6 Å². The van der Waals surface area contributed by atoms with Crippen LogP contribution in [0.2, 0.25) is 0 Å². The van der Waals surface area contributed by atoms with Crippen molar-refractivity contribution in [2.75, 3.05) is 37.1 Å². The van der Waals surface area contributed by atoms with Crippen LogP contribution in [0.1, 0.15) is 23.7 Å². The van der Waals surface area contributed by atoms with Gasteiger partial charge in [0.2, 0.25) is 5.91 Å². The van der Waals surface area contributed by atoms with Crippen LogP contribution < -0.4 is 15.0 Å². The van der Waals surface area contributed by atoms with Crippen LogP contribution in [0.5, 0.6) is 5.75 Å². The summed E-state index contributed by atoms with van der Waals surface area (Å²) in [7, 11) is 1.58. The monoisotopic (exact) mass is 403 g/mol. The fourth-order valence-corrected chi connectivity index (χ4v) is 3.98. The third-order valence-corrected chi connectivity index (χ3v) is 5.28. The average Bonchev–Trinajstić information content (AvgIpc) is 3.02. The summed E-state index contributed by atoms with van der Waals surface area (Å²) in [5.74, 6) is 0.452. The largest absolute Gasteiger partial charge is 0.495 e. The first-order chi connectivity index (χ1) is 14.6. The third kappa shape index (κ3) is 3.74. The maximum atomic E-state index is 13.1. The summed E-state index contributed by atoms with van der Waals surface area (Å²) in [4.78, 5) is 29.5. The zero-order chi connectivity index (χ0) is 21.1. The molecule has 4 rings (SSSR count). The van der Waals surface area contributed by atoms with Crippen LogP contribution in [0.25, 0.3) is 10.8 Å².